The average molecular weight is 439 g/mol. The average Bonchev–Trinajstić information content (AvgIpc) is 3.26. The lowest BCUT2D eigenvalue weighted by molar-refractivity contribution is -0.103. The molecule has 6 nitrogen and oxygen atoms in total. The van der Waals surface area contributed by atoms with E-state index >= 15 is 0 Å². The summed E-state index contributed by atoms with van der Waals surface area (Å²) in [7, 11) is 0. The number of fused-ring (bicyclic) bond motifs is 1. The van der Waals surface area contributed by atoms with Crippen molar-refractivity contribution in [3.63, 3.8) is 0 Å². The number of carbonyl (C=O) groups is 1. The number of rotatable bonds is 3. The van der Waals surface area contributed by atoms with Crippen molar-refractivity contribution in [1.29, 1.82) is 5.26 Å². The monoisotopic (exact) mass is 438 g/mol. The van der Waals surface area contributed by atoms with E-state index in [1.807, 2.05) is 27.9 Å². The lowest BCUT2D eigenvalue weighted by Gasteiger charge is -2.42. The molecule has 2 aromatic heterocycles. The van der Waals surface area contributed by atoms with Gasteiger partial charge < -0.3 is 14.5 Å². The molecule has 0 spiro atoms. The van der Waals surface area contributed by atoms with Crippen molar-refractivity contribution in [2.24, 2.45) is 5.92 Å². The number of aromatic nitrogens is 1. The van der Waals surface area contributed by atoms with Crippen molar-refractivity contribution in [2.75, 3.05) is 24.5 Å². The summed E-state index contributed by atoms with van der Waals surface area (Å²) in [6.45, 7) is 12.4. The van der Waals surface area contributed by atoms with Crippen LogP contribution >= 0.6 is 11.3 Å². The number of thiophene rings is 1. The molecule has 1 saturated heterocycles. The molecule has 1 fully saturated rings. The summed E-state index contributed by atoms with van der Waals surface area (Å²) in [5.41, 5.74) is 3.17. The molecule has 2 aliphatic rings. The van der Waals surface area contributed by atoms with Crippen LogP contribution in [0.5, 0.6) is 0 Å². The van der Waals surface area contributed by atoms with Gasteiger partial charge in [0, 0.05) is 49.2 Å². The maximum atomic E-state index is 12.8. The van der Waals surface area contributed by atoms with Crippen LogP contribution in [-0.2, 0) is 11.2 Å². The molecule has 0 aliphatic carbocycles. The van der Waals surface area contributed by atoms with Crippen molar-refractivity contribution >= 4 is 23.1 Å². The van der Waals surface area contributed by atoms with E-state index in [0.717, 1.165) is 22.5 Å². The second-order valence-electron chi connectivity index (χ2n) is 9.53. The Kier molecular flexibility index (Phi) is 5.80. The highest BCUT2D eigenvalue weighted by atomic mass is 32.1. The fourth-order valence-electron chi connectivity index (χ4n) is 4.72. The van der Waals surface area contributed by atoms with Crippen LogP contribution in [0.15, 0.2) is 23.0 Å². The third-order valence-corrected chi connectivity index (χ3v) is 6.91. The molecular formula is C24H30N4O2S. The van der Waals surface area contributed by atoms with Gasteiger partial charge in [-0.2, -0.15) is 16.6 Å². The summed E-state index contributed by atoms with van der Waals surface area (Å²) in [6.07, 6.45) is 2.53. The molecule has 0 aromatic carbocycles. The summed E-state index contributed by atoms with van der Waals surface area (Å²) in [5, 5.41) is 13.9. The lowest BCUT2D eigenvalue weighted by Crippen LogP contribution is -2.54. The second-order valence-corrected chi connectivity index (χ2v) is 10.3. The van der Waals surface area contributed by atoms with E-state index in [9.17, 15) is 10.1 Å². The number of carbonyl (C=O) groups excluding carboxylic acids is 1. The van der Waals surface area contributed by atoms with Gasteiger partial charge in [0.2, 0.25) is 0 Å². The fourth-order valence-corrected chi connectivity index (χ4v) is 5.35. The summed E-state index contributed by atoms with van der Waals surface area (Å²) < 4.78 is 6.33. The molecule has 0 radical (unpaired) electrons. The normalized spacial score (nSPS) is 22.9. The zero-order valence-corrected chi connectivity index (χ0v) is 19.7. The first kappa shape index (κ1) is 21.8. The number of pyridine rings is 1. The Morgan fingerprint density at radius 3 is 2.77 bits per heavy atom. The first-order valence-electron chi connectivity index (χ1n) is 10.9. The highest BCUT2D eigenvalue weighted by molar-refractivity contribution is 7.08. The van der Waals surface area contributed by atoms with Gasteiger partial charge in [0.1, 0.15) is 11.9 Å². The Labute approximate surface area is 188 Å². The van der Waals surface area contributed by atoms with Crippen LogP contribution in [-0.4, -0.2) is 47.1 Å². The van der Waals surface area contributed by atoms with E-state index in [1.165, 1.54) is 11.3 Å². The Bertz CT molecular complexity index is 1010. The summed E-state index contributed by atoms with van der Waals surface area (Å²) >= 11 is 1.54. The molecule has 4 heterocycles. The highest BCUT2D eigenvalue weighted by Gasteiger charge is 2.38. The largest absolute Gasteiger partial charge is 0.367 e. The lowest BCUT2D eigenvalue weighted by atomic mass is 9.83. The van der Waals surface area contributed by atoms with E-state index in [1.54, 1.807) is 0 Å². The predicted molar refractivity (Wildman–Crippen MR) is 122 cm³/mol. The van der Waals surface area contributed by atoms with Gasteiger partial charge in [-0.1, -0.05) is 13.8 Å². The van der Waals surface area contributed by atoms with Crippen molar-refractivity contribution in [2.45, 2.75) is 58.8 Å². The summed E-state index contributed by atoms with van der Waals surface area (Å²) in [4.78, 5) is 21.7. The molecular weight excluding hydrogens is 408 g/mol. The third kappa shape index (κ3) is 4.07. The van der Waals surface area contributed by atoms with E-state index in [2.05, 4.69) is 45.6 Å². The van der Waals surface area contributed by atoms with Gasteiger partial charge in [-0.15, -0.1) is 0 Å². The van der Waals surface area contributed by atoms with Gasteiger partial charge in [-0.05, 0) is 43.7 Å². The Morgan fingerprint density at radius 2 is 2.16 bits per heavy atom. The van der Waals surface area contributed by atoms with Crippen LogP contribution < -0.4 is 4.90 Å². The van der Waals surface area contributed by atoms with Crippen LogP contribution in [0.3, 0.4) is 0 Å². The molecule has 31 heavy (non-hydrogen) atoms. The minimum absolute atomic E-state index is 0.0358. The Hall–Kier alpha value is -2.43. The van der Waals surface area contributed by atoms with E-state index in [4.69, 9.17) is 9.72 Å². The fraction of sp³-hybridized carbons (Fsp3) is 0.542. The minimum atomic E-state index is -0.328. The zero-order valence-electron chi connectivity index (χ0n) is 18.9. The number of piperazine rings is 1. The quantitative estimate of drug-likeness (QED) is 0.710. The van der Waals surface area contributed by atoms with Crippen LogP contribution in [0, 0.1) is 17.2 Å². The van der Waals surface area contributed by atoms with Gasteiger partial charge in [0.25, 0.3) is 5.91 Å². The molecule has 7 heteroatoms. The predicted octanol–water partition coefficient (Wildman–Crippen LogP) is 4.41. The van der Waals surface area contributed by atoms with Gasteiger partial charge in [0.15, 0.2) is 0 Å². The van der Waals surface area contributed by atoms with E-state index < -0.39 is 0 Å². The number of hydrogen-bond donors (Lipinski definition) is 0. The highest BCUT2D eigenvalue weighted by Crippen LogP contribution is 2.42. The summed E-state index contributed by atoms with van der Waals surface area (Å²) in [6, 6.07) is 4.36. The molecule has 2 aromatic rings. The molecule has 2 aliphatic heterocycles. The molecule has 4 rings (SSSR count). The van der Waals surface area contributed by atoms with Gasteiger partial charge in [0.05, 0.1) is 22.8 Å². The number of anilines is 1. The maximum absolute atomic E-state index is 12.8. The van der Waals surface area contributed by atoms with E-state index in [0.29, 0.717) is 37.5 Å². The standard InChI is InChI=1S/C24H30N4O2S/c1-15(2)21-20-12-26-22(19(11-25)18(20)10-24(4,5)30-21)27-7-8-28(16(3)13-27)23(29)17-6-9-31-14-17/h6,9,12,14-16,21H,7-8,10,13H2,1-5H3. The van der Waals surface area contributed by atoms with E-state index in [-0.39, 0.29) is 23.7 Å². The van der Waals surface area contributed by atoms with Crippen molar-refractivity contribution in [3.8, 4) is 6.07 Å². The van der Waals surface area contributed by atoms with Crippen LogP contribution in [0.25, 0.3) is 0 Å². The first-order valence-corrected chi connectivity index (χ1v) is 11.8. The van der Waals surface area contributed by atoms with Crippen molar-refractivity contribution in [3.05, 3.63) is 45.3 Å². The zero-order chi connectivity index (χ0) is 22.3. The van der Waals surface area contributed by atoms with Gasteiger partial charge in [-0.3, -0.25) is 4.79 Å². The number of ether oxygens (including phenoxy) is 1. The molecule has 0 bridgehead atoms. The molecule has 2 unspecified atom stereocenters. The van der Waals surface area contributed by atoms with Crippen molar-refractivity contribution < 1.29 is 9.53 Å². The second kappa shape index (κ2) is 8.25. The minimum Gasteiger partial charge on any atom is -0.367 e. The van der Waals surface area contributed by atoms with Crippen molar-refractivity contribution in [1.82, 2.24) is 9.88 Å². The first-order chi connectivity index (χ1) is 14.7. The number of nitrogens with zero attached hydrogens (tertiary/aromatic N) is 4. The Balaban J connectivity index is 1.63. The molecule has 1 amide bonds. The topological polar surface area (TPSA) is 69.5 Å². The number of amides is 1. The number of hydrogen-bond acceptors (Lipinski definition) is 6. The van der Waals surface area contributed by atoms with Crippen LogP contribution in [0.2, 0.25) is 0 Å². The number of nitriles is 1. The SMILES string of the molecule is CC(C)C1OC(C)(C)Cc2c1cnc(N1CCN(C(=O)c3ccsc3)C(C)C1)c2C#N. The van der Waals surface area contributed by atoms with Gasteiger partial charge in [-0.25, -0.2) is 4.98 Å². The molecule has 164 valence electrons. The molecule has 2 atom stereocenters. The third-order valence-electron chi connectivity index (χ3n) is 6.23. The van der Waals surface area contributed by atoms with Crippen LogP contribution in [0.4, 0.5) is 5.82 Å². The van der Waals surface area contributed by atoms with Crippen LogP contribution in [0.1, 0.15) is 67.8 Å². The smallest absolute Gasteiger partial charge is 0.255 e. The molecule has 0 saturated carbocycles. The maximum Gasteiger partial charge on any atom is 0.255 e. The Morgan fingerprint density at radius 1 is 1.39 bits per heavy atom. The molecule has 0 N–H and O–H groups in total. The summed E-state index contributed by atoms with van der Waals surface area (Å²) in [5.74, 6) is 1.10. The van der Waals surface area contributed by atoms with Gasteiger partial charge >= 0.3 is 0 Å².